The van der Waals surface area contributed by atoms with Crippen molar-refractivity contribution >= 4 is 5.78 Å². The van der Waals surface area contributed by atoms with Gasteiger partial charge in [0.25, 0.3) is 0 Å². The maximum absolute atomic E-state index is 11.5. The maximum atomic E-state index is 11.5. The van der Waals surface area contributed by atoms with Crippen LogP contribution in [0.25, 0.3) is 0 Å². The molecule has 0 atom stereocenters. The molecule has 2 aromatic rings. The molecular weight excluding hydrogens is 238 g/mol. The Hall–Kier alpha value is -2.16. The Morgan fingerprint density at radius 3 is 2.79 bits per heavy atom. The van der Waals surface area contributed by atoms with Crippen LogP contribution in [0.5, 0.6) is 5.75 Å². The van der Waals surface area contributed by atoms with E-state index in [2.05, 4.69) is 4.98 Å². The summed E-state index contributed by atoms with van der Waals surface area (Å²) in [4.78, 5) is 15.8. The molecule has 1 aromatic heterocycles. The summed E-state index contributed by atoms with van der Waals surface area (Å²) in [7, 11) is 0. The predicted octanol–water partition coefficient (Wildman–Crippen LogP) is 3.21. The molecule has 98 valence electrons. The smallest absolute Gasteiger partial charge is 0.163 e. The first-order valence-corrected chi connectivity index (χ1v) is 6.31. The second-order valence-electron chi connectivity index (χ2n) is 4.48. The molecule has 3 heteroatoms. The van der Waals surface area contributed by atoms with Gasteiger partial charge < -0.3 is 4.74 Å². The third kappa shape index (κ3) is 3.65. The molecule has 0 spiro atoms. The van der Waals surface area contributed by atoms with Gasteiger partial charge in [0.2, 0.25) is 0 Å². The largest absolute Gasteiger partial charge is 0.492 e. The van der Waals surface area contributed by atoms with Crippen molar-refractivity contribution in [3.8, 4) is 5.75 Å². The first kappa shape index (κ1) is 13.3. The van der Waals surface area contributed by atoms with Crippen LogP contribution in [0.3, 0.4) is 0 Å². The van der Waals surface area contributed by atoms with Crippen LogP contribution in [-0.2, 0) is 6.42 Å². The van der Waals surface area contributed by atoms with Crippen molar-refractivity contribution < 1.29 is 9.53 Å². The molecule has 3 nitrogen and oxygen atoms in total. The minimum Gasteiger partial charge on any atom is -0.492 e. The molecule has 0 fully saturated rings. The number of ether oxygens (including phenoxy) is 1. The molecule has 0 aliphatic rings. The number of carbonyl (C=O) groups excluding carboxylic acids is 1. The molecule has 0 N–H and O–H groups in total. The molecule has 1 aromatic carbocycles. The van der Waals surface area contributed by atoms with Crippen LogP contribution < -0.4 is 4.74 Å². The number of hydrogen-bond acceptors (Lipinski definition) is 3. The maximum Gasteiger partial charge on any atom is 0.163 e. The molecule has 2 rings (SSSR count). The van der Waals surface area contributed by atoms with Crippen molar-refractivity contribution in [2.75, 3.05) is 6.61 Å². The predicted molar refractivity (Wildman–Crippen MR) is 74.6 cm³/mol. The van der Waals surface area contributed by atoms with Gasteiger partial charge in [0.05, 0.1) is 12.2 Å². The van der Waals surface area contributed by atoms with Crippen LogP contribution in [-0.4, -0.2) is 17.4 Å². The molecule has 0 aliphatic heterocycles. The van der Waals surface area contributed by atoms with Crippen molar-refractivity contribution in [2.45, 2.75) is 20.3 Å². The molecule has 1 heterocycles. The molecule has 0 unspecified atom stereocenters. The normalized spacial score (nSPS) is 10.2. The monoisotopic (exact) mass is 255 g/mol. The highest BCUT2D eigenvalue weighted by atomic mass is 16.5. The van der Waals surface area contributed by atoms with Crippen molar-refractivity contribution in [2.24, 2.45) is 0 Å². The van der Waals surface area contributed by atoms with Crippen molar-refractivity contribution in [1.29, 1.82) is 0 Å². The number of hydrogen-bond donors (Lipinski definition) is 0. The lowest BCUT2D eigenvalue weighted by Crippen LogP contribution is -2.06. The number of pyridine rings is 1. The summed E-state index contributed by atoms with van der Waals surface area (Å²) in [6.45, 7) is 4.05. The Kier molecular flexibility index (Phi) is 4.29. The average molecular weight is 255 g/mol. The summed E-state index contributed by atoms with van der Waals surface area (Å²) in [5.74, 6) is 0.677. The summed E-state index contributed by atoms with van der Waals surface area (Å²) in [6, 6.07) is 11.4. The number of benzene rings is 1. The van der Waals surface area contributed by atoms with E-state index in [0.29, 0.717) is 17.9 Å². The van der Waals surface area contributed by atoms with Gasteiger partial charge >= 0.3 is 0 Å². The fourth-order valence-corrected chi connectivity index (χ4v) is 1.85. The van der Waals surface area contributed by atoms with Crippen LogP contribution in [0.1, 0.15) is 28.5 Å². The van der Waals surface area contributed by atoms with E-state index in [4.69, 9.17) is 4.74 Å². The van der Waals surface area contributed by atoms with Crippen LogP contribution >= 0.6 is 0 Å². The highest BCUT2D eigenvalue weighted by Crippen LogP contribution is 2.21. The van der Waals surface area contributed by atoms with Crippen molar-refractivity contribution in [3.63, 3.8) is 0 Å². The van der Waals surface area contributed by atoms with E-state index in [1.165, 1.54) is 0 Å². The Morgan fingerprint density at radius 2 is 2.11 bits per heavy atom. The zero-order valence-corrected chi connectivity index (χ0v) is 11.2. The first-order chi connectivity index (χ1) is 9.16. The molecule has 19 heavy (non-hydrogen) atoms. The number of ketones is 1. The summed E-state index contributed by atoms with van der Waals surface area (Å²) in [5, 5.41) is 0. The number of aromatic nitrogens is 1. The molecular formula is C16H17NO2. The van der Waals surface area contributed by atoms with Gasteiger partial charge in [-0.15, -0.1) is 0 Å². The van der Waals surface area contributed by atoms with Gasteiger partial charge in [-0.1, -0.05) is 12.1 Å². The zero-order valence-electron chi connectivity index (χ0n) is 11.2. The lowest BCUT2D eigenvalue weighted by Gasteiger charge is -2.10. The second-order valence-corrected chi connectivity index (χ2v) is 4.48. The van der Waals surface area contributed by atoms with E-state index >= 15 is 0 Å². The molecule has 0 radical (unpaired) electrons. The summed E-state index contributed by atoms with van der Waals surface area (Å²) in [5.41, 5.74) is 2.70. The molecule has 0 saturated carbocycles. The number of rotatable bonds is 5. The SMILES string of the molecule is CC(=O)c1ccc(C)cc1OCCc1ccccn1. The highest BCUT2D eigenvalue weighted by Gasteiger charge is 2.08. The van der Waals surface area contributed by atoms with E-state index < -0.39 is 0 Å². The third-order valence-corrected chi connectivity index (χ3v) is 2.86. The highest BCUT2D eigenvalue weighted by molar-refractivity contribution is 5.96. The molecule has 0 amide bonds. The fourth-order valence-electron chi connectivity index (χ4n) is 1.85. The van der Waals surface area contributed by atoms with E-state index in [-0.39, 0.29) is 5.78 Å². The minimum absolute atomic E-state index is 0.0211. The van der Waals surface area contributed by atoms with Crippen LogP contribution in [0.15, 0.2) is 42.6 Å². The average Bonchev–Trinajstić information content (AvgIpc) is 2.39. The van der Waals surface area contributed by atoms with Crippen LogP contribution in [0.2, 0.25) is 0 Å². The number of Topliss-reactive ketones (excluding diaryl/α,β-unsaturated/α-hetero) is 1. The first-order valence-electron chi connectivity index (χ1n) is 6.31. The second kappa shape index (κ2) is 6.14. The summed E-state index contributed by atoms with van der Waals surface area (Å²) in [6.07, 6.45) is 2.50. The van der Waals surface area contributed by atoms with Gasteiger partial charge in [0, 0.05) is 18.3 Å². The lowest BCUT2D eigenvalue weighted by molar-refractivity contribution is 0.101. The lowest BCUT2D eigenvalue weighted by atomic mass is 10.1. The Balaban J connectivity index is 2.03. The van der Waals surface area contributed by atoms with E-state index in [1.54, 1.807) is 13.1 Å². The third-order valence-electron chi connectivity index (χ3n) is 2.86. The van der Waals surface area contributed by atoms with Gasteiger partial charge in [-0.3, -0.25) is 9.78 Å². The topological polar surface area (TPSA) is 39.2 Å². The Labute approximate surface area is 113 Å². The fraction of sp³-hybridized carbons (Fsp3) is 0.250. The van der Waals surface area contributed by atoms with Gasteiger partial charge in [-0.05, 0) is 43.7 Å². The minimum atomic E-state index is 0.0211. The van der Waals surface area contributed by atoms with Crippen molar-refractivity contribution in [1.82, 2.24) is 4.98 Å². The van der Waals surface area contributed by atoms with Gasteiger partial charge in [0.1, 0.15) is 5.75 Å². The van der Waals surface area contributed by atoms with Crippen LogP contribution in [0.4, 0.5) is 0 Å². The summed E-state index contributed by atoms with van der Waals surface area (Å²) < 4.78 is 5.72. The Bertz CT molecular complexity index is 564. The van der Waals surface area contributed by atoms with Gasteiger partial charge in [0.15, 0.2) is 5.78 Å². The molecule has 0 saturated heterocycles. The van der Waals surface area contributed by atoms with E-state index in [0.717, 1.165) is 17.7 Å². The molecule has 0 aliphatic carbocycles. The van der Waals surface area contributed by atoms with Gasteiger partial charge in [-0.2, -0.15) is 0 Å². The Morgan fingerprint density at radius 1 is 1.26 bits per heavy atom. The van der Waals surface area contributed by atoms with Crippen molar-refractivity contribution in [3.05, 3.63) is 59.4 Å². The quantitative estimate of drug-likeness (QED) is 0.770. The number of aryl methyl sites for hydroxylation is 1. The van der Waals surface area contributed by atoms with Crippen LogP contribution in [0, 0.1) is 6.92 Å². The molecule has 0 bridgehead atoms. The van der Waals surface area contributed by atoms with E-state index in [1.807, 2.05) is 43.3 Å². The zero-order chi connectivity index (χ0) is 13.7. The standard InChI is InChI=1S/C16H17NO2/c1-12-6-7-15(13(2)18)16(11-12)19-10-8-14-5-3-4-9-17-14/h3-7,9,11H,8,10H2,1-2H3. The van der Waals surface area contributed by atoms with E-state index in [9.17, 15) is 4.79 Å². The van der Waals surface area contributed by atoms with Gasteiger partial charge in [-0.25, -0.2) is 0 Å². The summed E-state index contributed by atoms with van der Waals surface area (Å²) >= 11 is 0. The number of nitrogens with zero attached hydrogens (tertiary/aromatic N) is 1. The number of carbonyl (C=O) groups is 1.